The number of nitrogens with two attached hydrogens (primary N) is 1. The van der Waals surface area contributed by atoms with Gasteiger partial charge in [-0.2, -0.15) is 11.8 Å². The van der Waals surface area contributed by atoms with Crippen molar-refractivity contribution in [2.75, 3.05) is 11.5 Å². The zero-order valence-corrected chi connectivity index (χ0v) is 11.3. The van der Waals surface area contributed by atoms with E-state index in [1.807, 2.05) is 0 Å². The number of rotatable bonds is 5. The average Bonchev–Trinajstić information content (AvgIpc) is 2.61. The second-order valence-corrected chi connectivity index (χ2v) is 5.69. The number of carboxylic acids is 1. The molecule has 2 atom stereocenters. The van der Waals surface area contributed by atoms with Crippen LogP contribution in [-0.4, -0.2) is 38.3 Å². The van der Waals surface area contributed by atoms with Crippen LogP contribution in [0.15, 0.2) is 9.32 Å². The van der Waals surface area contributed by atoms with Gasteiger partial charge in [0, 0.05) is 17.9 Å². The Kier molecular flexibility index (Phi) is 4.65. The Hall–Kier alpha value is -1.28. The first-order valence-corrected chi connectivity index (χ1v) is 7.38. The molecule has 0 saturated carbocycles. The second-order valence-electron chi connectivity index (χ2n) is 4.62. The first-order chi connectivity index (χ1) is 9.09. The maximum atomic E-state index is 11.6. The standard InChI is InChI=1S/C11H17N3O4S/c12-8(10(15)16)6-19-5-7-3-1-2-4-9-13-18-11(17)14(7)9/h7-8H,1-6,12H2,(H,15,16). The largest absolute Gasteiger partial charge is 0.480 e. The summed E-state index contributed by atoms with van der Waals surface area (Å²) < 4.78 is 6.30. The average molecular weight is 287 g/mol. The molecule has 0 bridgehead atoms. The van der Waals surface area contributed by atoms with Crippen LogP contribution in [0.3, 0.4) is 0 Å². The van der Waals surface area contributed by atoms with Gasteiger partial charge in [0.25, 0.3) is 0 Å². The molecule has 1 aliphatic heterocycles. The third kappa shape index (κ3) is 3.38. The molecule has 2 rings (SSSR count). The molecule has 0 spiro atoms. The second kappa shape index (κ2) is 6.25. The summed E-state index contributed by atoms with van der Waals surface area (Å²) in [5.41, 5.74) is 5.45. The van der Waals surface area contributed by atoms with Gasteiger partial charge in [-0.05, 0) is 12.8 Å². The van der Waals surface area contributed by atoms with Gasteiger partial charge in [-0.3, -0.25) is 13.9 Å². The molecule has 7 nitrogen and oxygen atoms in total. The fourth-order valence-electron chi connectivity index (χ4n) is 2.16. The van der Waals surface area contributed by atoms with E-state index in [2.05, 4.69) is 5.16 Å². The SMILES string of the molecule is NC(CSCC1CCCCc2noc(=O)n21)C(=O)O. The number of nitrogens with zero attached hydrogens (tertiary/aromatic N) is 2. The zero-order chi connectivity index (χ0) is 13.8. The van der Waals surface area contributed by atoms with Crippen molar-refractivity contribution in [2.24, 2.45) is 5.73 Å². The van der Waals surface area contributed by atoms with Gasteiger partial charge in [0.2, 0.25) is 0 Å². The first-order valence-electron chi connectivity index (χ1n) is 6.23. The smallest absolute Gasteiger partial charge is 0.441 e. The Bertz CT molecular complexity index is 498. The lowest BCUT2D eigenvalue weighted by Gasteiger charge is -2.16. The van der Waals surface area contributed by atoms with E-state index >= 15 is 0 Å². The van der Waals surface area contributed by atoms with E-state index in [-0.39, 0.29) is 6.04 Å². The highest BCUT2D eigenvalue weighted by atomic mass is 32.2. The molecule has 0 fully saturated rings. The predicted molar refractivity (Wildman–Crippen MR) is 70.3 cm³/mol. The number of aliphatic carboxylic acids is 1. The number of thioether (sulfide) groups is 1. The van der Waals surface area contributed by atoms with Gasteiger partial charge in [0.1, 0.15) is 6.04 Å². The van der Waals surface area contributed by atoms with Gasteiger partial charge < -0.3 is 10.8 Å². The van der Waals surface area contributed by atoms with E-state index in [0.29, 0.717) is 17.3 Å². The Morgan fingerprint density at radius 2 is 2.42 bits per heavy atom. The van der Waals surface area contributed by atoms with Gasteiger partial charge in [-0.1, -0.05) is 11.6 Å². The summed E-state index contributed by atoms with van der Waals surface area (Å²) in [5.74, 6) is 0.243. The lowest BCUT2D eigenvalue weighted by molar-refractivity contribution is -0.137. The van der Waals surface area contributed by atoms with Crippen molar-refractivity contribution in [3.05, 3.63) is 16.4 Å². The Labute approximate surface area is 114 Å². The molecule has 2 unspecified atom stereocenters. The van der Waals surface area contributed by atoms with Crippen molar-refractivity contribution < 1.29 is 14.4 Å². The van der Waals surface area contributed by atoms with E-state index < -0.39 is 17.8 Å². The van der Waals surface area contributed by atoms with E-state index in [4.69, 9.17) is 15.4 Å². The molecule has 3 N–H and O–H groups in total. The van der Waals surface area contributed by atoms with Gasteiger partial charge in [-0.15, -0.1) is 0 Å². The van der Waals surface area contributed by atoms with Gasteiger partial charge in [0.15, 0.2) is 5.82 Å². The fourth-order valence-corrected chi connectivity index (χ4v) is 3.28. The monoisotopic (exact) mass is 287 g/mol. The van der Waals surface area contributed by atoms with Crippen molar-refractivity contribution in [1.29, 1.82) is 0 Å². The number of hydrogen-bond donors (Lipinski definition) is 2. The van der Waals surface area contributed by atoms with Crippen molar-refractivity contribution >= 4 is 17.7 Å². The number of hydrogen-bond acceptors (Lipinski definition) is 6. The molecule has 1 aromatic rings. The number of carboxylic acid groups (broad SMARTS) is 1. The minimum atomic E-state index is -1.00. The molecule has 0 saturated heterocycles. The third-order valence-corrected chi connectivity index (χ3v) is 4.40. The maximum Gasteiger partial charge on any atom is 0.441 e. The number of aromatic nitrogens is 2. The summed E-state index contributed by atoms with van der Waals surface area (Å²) in [5, 5.41) is 12.5. The summed E-state index contributed by atoms with van der Waals surface area (Å²) in [6, 6.07) is -0.850. The van der Waals surface area contributed by atoms with Crippen LogP contribution in [0, 0.1) is 0 Å². The zero-order valence-electron chi connectivity index (χ0n) is 10.4. The Balaban J connectivity index is 1.98. The van der Waals surface area contributed by atoms with E-state index in [9.17, 15) is 9.59 Å². The van der Waals surface area contributed by atoms with Crippen LogP contribution in [0.2, 0.25) is 0 Å². The number of fused-ring (bicyclic) bond motifs is 1. The molecule has 2 heterocycles. The number of carbonyl (C=O) groups is 1. The topological polar surface area (TPSA) is 111 Å². The summed E-state index contributed by atoms with van der Waals surface area (Å²) in [6.45, 7) is 0. The van der Waals surface area contributed by atoms with Crippen LogP contribution < -0.4 is 11.5 Å². The maximum absolute atomic E-state index is 11.6. The van der Waals surface area contributed by atoms with E-state index in [1.54, 1.807) is 4.57 Å². The van der Waals surface area contributed by atoms with Gasteiger partial charge in [0.05, 0.1) is 6.04 Å². The Morgan fingerprint density at radius 3 is 3.16 bits per heavy atom. The van der Waals surface area contributed by atoms with Crippen LogP contribution in [-0.2, 0) is 11.2 Å². The van der Waals surface area contributed by atoms with Gasteiger partial charge in [-0.25, -0.2) is 4.79 Å². The molecule has 1 aliphatic rings. The molecule has 106 valence electrons. The van der Waals surface area contributed by atoms with Crippen LogP contribution in [0.1, 0.15) is 31.1 Å². The molecule has 1 aromatic heterocycles. The molecule has 0 amide bonds. The van der Waals surface area contributed by atoms with E-state index in [0.717, 1.165) is 25.7 Å². The van der Waals surface area contributed by atoms with E-state index in [1.165, 1.54) is 11.8 Å². The highest BCUT2D eigenvalue weighted by molar-refractivity contribution is 7.99. The van der Waals surface area contributed by atoms with Crippen molar-refractivity contribution in [1.82, 2.24) is 9.72 Å². The van der Waals surface area contributed by atoms with Crippen LogP contribution in [0.4, 0.5) is 0 Å². The molecule has 0 aromatic carbocycles. The van der Waals surface area contributed by atoms with Crippen molar-refractivity contribution in [2.45, 2.75) is 37.8 Å². The highest BCUT2D eigenvalue weighted by Crippen LogP contribution is 2.24. The summed E-state index contributed by atoms with van der Waals surface area (Å²) in [7, 11) is 0. The highest BCUT2D eigenvalue weighted by Gasteiger charge is 2.23. The van der Waals surface area contributed by atoms with Crippen molar-refractivity contribution in [3.8, 4) is 0 Å². The lowest BCUT2D eigenvalue weighted by atomic mass is 10.1. The molecule has 19 heavy (non-hydrogen) atoms. The molecule has 0 radical (unpaired) electrons. The van der Waals surface area contributed by atoms with Crippen LogP contribution >= 0.6 is 11.8 Å². The normalized spacial score (nSPS) is 20.6. The van der Waals surface area contributed by atoms with Gasteiger partial charge >= 0.3 is 11.7 Å². The predicted octanol–water partition coefficient (Wildman–Crippen LogP) is 0.249. The minimum Gasteiger partial charge on any atom is -0.480 e. The first kappa shape index (κ1) is 14.1. The minimum absolute atomic E-state index is 0.0160. The summed E-state index contributed by atoms with van der Waals surface area (Å²) in [4.78, 5) is 22.3. The molecular formula is C11H17N3O4S. The summed E-state index contributed by atoms with van der Waals surface area (Å²) in [6.07, 6.45) is 3.64. The summed E-state index contributed by atoms with van der Waals surface area (Å²) >= 11 is 1.45. The quantitative estimate of drug-likeness (QED) is 0.798. The third-order valence-electron chi connectivity index (χ3n) is 3.18. The fraction of sp³-hybridized carbons (Fsp3) is 0.727. The van der Waals surface area contributed by atoms with Crippen LogP contribution in [0.5, 0.6) is 0 Å². The van der Waals surface area contributed by atoms with Crippen molar-refractivity contribution in [3.63, 3.8) is 0 Å². The number of aryl methyl sites for hydroxylation is 1. The molecule has 8 heteroatoms. The Morgan fingerprint density at radius 1 is 1.63 bits per heavy atom. The molecule has 0 aliphatic carbocycles. The molecular weight excluding hydrogens is 270 g/mol. The lowest BCUT2D eigenvalue weighted by Crippen LogP contribution is -2.33. The van der Waals surface area contributed by atoms with Crippen LogP contribution in [0.25, 0.3) is 0 Å².